The average Bonchev–Trinajstić information content (AvgIpc) is 2.60. The van der Waals surface area contributed by atoms with Crippen molar-refractivity contribution in [2.75, 3.05) is 14.1 Å². The number of hydrogen-bond donors (Lipinski definition) is 1. The van der Waals surface area contributed by atoms with Crippen molar-refractivity contribution in [2.45, 2.75) is 19.1 Å². The van der Waals surface area contributed by atoms with Gasteiger partial charge in [-0.05, 0) is 23.3 Å². The molecule has 1 N–H and O–H groups in total. The van der Waals surface area contributed by atoms with Gasteiger partial charge in [0.25, 0.3) is 0 Å². The lowest BCUT2D eigenvalue weighted by atomic mass is 10.1. The molecule has 6 nitrogen and oxygen atoms in total. The summed E-state index contributed by atoms with van der Waals surface area (Å²) in [5.74, 6) is -0.181. The fourth-order valence-corrected chi connectivity index (χ4v) is 2.17. The zero-order valence-electron chi connectivity index (χ0n) is 13.8. The van der Waals surface area contributed by atoms with Gasteiger partial charge in [-0.1, -0.05) is 30.3 Å². The van der Waals surface area contributed by atoms with E-state index < -0.39 is 12.1 Å². The maximum absolute atomic E-state index is 12.3. The first-order chi connectivity index (χ1) is 11.6. The highest BCUT2D eigenvalue weighted by molar-refractivity contribution is 5.85. The molecule has 24 heavy (non-hydrogen) atoms. The van der Waals surface area contributed by atoms with Gasteiger partial charge >= 0.3 is 6.09 Å². The summed E-state index contributed by atoms with van der Waals surface area (Å²) in [6, 6.07) is 12.4. The third-order valence-electron chi connectivity index (χ3n) is 3.43. The van der Waals surface area contributed by atoms with Crippen molar-refractivity contribution >= 4 is 12.0 Å². The van der Waals surface area contributed by atoms with Crippen molar-refractivity contribution in [3.8, 4) is 0 Å². The number of alkyl carbamates (subject to hydrolysis) is 1. The molecule has 2 rings (SSSR count). The van der Waals surface area contributed by atoms with Crippen LogP contribution in [0, 0.1) is 0 Å². The lowest BCUT2D eigenvalue weighted by Gasteiger charge is -2.21. The molecule has 1 aromatic heterocycles. The second kappa shape index (κ2) is 8.67. The number of aromatic nitrogens is 1. The van der Waals surface area contributed by atoms with Gasteiger partial charge in [-0.25, -0.2) is 4.79 Å². The number of amides is 2. The van der Waals surface area contributed by atoms with Gasteiger partial charge < -0.3 is 15.0 Å². The summed E-state index contributed by atoms with van der Waals surface area (Å²) < 4.78 is 5.18. The smallest absolute Gasteiger partial charge is 0.408 e. The number of benzene rings is 1. The molecule has 2 amide bonds. The summed E-state index contributed by atoms with van der Waals surface area (Å²) in [6.07, 6.45) is 3.04. The second-order valence-electron chi connectivity index (χ2n) is 5.55. The van der Waals surface area contributed by atoms with E-state index in [1.165, 1.54) is 4.90 Å². The number of nitrogens with zero attached hydrogens (tertiary/aromatic N) is 2. The minimum atomic E-state index is -0.674. The normalized spacial score (nSPS) is 11.4. The molecule has 1 heterocycles. The van der Waals surface area contributed by atoms with E-state index in [1.807, 2.05) is 30.3 Å². The van der Waals surface area contributed by atoms with Crippen molar-refractivity contribution in [3.05, 3.63) is 66.0 Å². The highest BCUT2D eigenvalue weighted by atomic mass is 16.5. The molecule has 0 unspecified atom stereocenters. The molecule has 1 atom stereocenters. The summed E-state index contributed by atoms with van der Waals surface area (Å²) in [7, 11) is 3.31. The number of carbonyl (C=O) groups excluding carboxylic acids is 2. The number of hydrogen-bond acceptors (Lipinski definition) is 4. The molecule has 0 saturated carbocycles. The Balaban J connectivity index is 1.96. The van der Waals surface area contributed by atoms with E-state index in [1.54, 1.807) is 38.6 Å². The van der Waals surface area contributed by atoms with Gasteiger partial charge in [-0.3, -0.25) is 9.78 Å². The predicted octanol–water partition coefficient (Wildman–Crippen LogP) is 2.01. The van der Waals surface area contributed by atoms with Crippen LogP contribution in [0.3, 0.4) is 0 Å². The highest BCUT2D eigenvalue weighted by Gasteiger charge is 2.23. The van der Waals surface area contributed by atoms with E-state index in [2.05, 4.69) is 10.3 Å². The number of nitrogens with one attached hydrogen (secondary N) is 1. The van der Waals surface area contributed by atoms with Crippen LogP contribution >= 0.6 is 0 Å². The highest BCUT2D eigenvalue weighted by Crippen LogP contribution is 2.06. The minimum Gasteiger partial charge on any atom is -0.445 e. The van der Waals surface area contributed by atoms with E-state index >= 15 is 0 Å². The van der Waals surface area contributed by atoms with Gasteiger partial charge in [0, 0.05) is 32.9 Å². The van der Waals surface area contributed by atoms with Crippen LogP contribution in [0.25, 0.3) is 0 Å². The van der Waals surface area contributed by atoms with E-state index in [0.29, 0.717) is 6.42 Å². The molecule has 0 fully saturated rings. The summed E-state index contributed by atoms with van der Waals surface area (Å²) in [5.41, 5.74) is 1.80. The Labute approximate surface area is 141 Å². The minimum absolute atomic E-state index is 0.128. The fraction of sp³-hybridized carbons (Fsp3) is 0.278. The predicted molar refractivity (Wildman–Crippen MR) is 90.2 cm³/mol. The lowest BCUT2D eigenvalue weighted by Crippen LogP contribution is -2.47. The molecule has 2 aromatic rings. The van der Waals surface area contributed by atoms with E-state index in [-0.39, 0.29) is 12.5 Å². The molecular weight excluding hydrogens is 306 g/mol. The van der Waals surface area contributed by atoms with E-state index in [9.17, 15) is 9.59 Å². The quantitative estimate of drug-likeness (QED) is 0.881. The Morgan fingerprint density at radius 2 is 1.75 bits per heavy atom. The number of carbonyl (C=O) groups is 2. The SMILES string of the molecule is CN(C)C(=O)[C@H](Cc1ccccc1)NC(=O)OCc1ccncc1. The van der Waals surface area contributed by atoms with Crippen molar-refractivity contribution in [3.63, 3.8) is 0 Å². The summed E-state index contributed by atoms with van der Waals surface area (Å²) in [5, 5.41) is 2.65. The number of pyridine rings is 1. The third-order valence-corrected chi connectivity index (χ3v) is 3.43. The van der Waals surface area contributed by atoms with Crippen molar-refractivity contribution in [1.82, 2.24) is 15.2 Å². The Kier molecular flexibility index (Phi) is 6.31. The molecule has 0 aliphatic carbocycles. The number of likely N-dealkylation sites (N-methyl/N-ethyl adjacent to an activating group) is 1. The maximum atomic E-state index is 12.3. The van der Waals surface area contributed by atoms with Crippen LogP contribution in [-0.4, -0.2) is 42.0 Å². The Morgan fingerprint density at radius 1 is 1.08 bits per heavy atom. The van der Waals surface area contributed by atoms with Crippen LogP contribution in [0.4, 0.5) is 4.79 Å². The van der Waals surface area contributed by atoms with Gasteiger partial charge in [-0.15, -0.1) is 0 Å². The molecule has 0 aliphatic heterocycles. The van der Waals surface area contributed by atoms with Crippen LogP contribution in [-0.2, 0) is 22.6 Å². The second-order valence-corrected chi connectivity index (χ2v) is 5.55. The summed E-state index contributed by atoms with van der Waals surface area (Å²) in [4.78, 5) is 29.7. The summed E-state index contributed by atoms with van der Waals surface area (Å²) >= 11 is 0. The molecule has 0 aliphatic rings. The van der Waals surface area contributed by atoms with Crippen LogP contribution in [0.2, 0.25) is 0 Å². The van der Waals surface area contributed by atoms with Crippen LogP contribution < -0.4 is 5.32 Å². The summed E-state index contributed by atoms with van der Waals surface area (Å²) in [6.45, 7) is 0.128. The Hall–Kier alpha value is -2.89. The first-order valence-corrected chi connectivity index (χ1v) is 7.63. The molecule has 1 aromatic carbocycles. The standard InChI is InChI=1S/C18H21N3O3/c1-21(2)17(22)16(12-14-6-4-3-5-7-14)20-18(23)24-13-15-8-10-19-11-9-15/h3-11,16H,12-13H2,1-2H3,(H,20,23)/t16-/m0/s1. The van der Waals surface area contributed by atoms with E-state index in [0.717, 1.165) is 11.1 Å². The van der Waals surface area contributed by atoms with Gasteiger partial charge in [0.05, 0.1) is 0 Å². The topological polar surface area (TPSA) is 71.5 Å². The molecule has 0 radical (unpaired) electrons. The molecular formula is C18H21N3O3. The van der Waals surface area contributed by atoms with Crippen LogP contribution in [0.1, 0.15) is 11.1 Å². The monoisotopic (exact) mass is 327 g/mol. The Morgan fingerprint density at radius 3 is 2.38 bits per heavy atom. The van der Waals surface area contributed by atoms with Gasteiger partial charge in [0.15, 0.2) is 0 Å². The van der Waals surface area contributed by atoms with Crippen molar-refractivity contribution in [2.24, 2.45) is 0 Å². The molecule has 126 valence electrons. The molecule has 0 saturated heterocycles. The first kappa shape index (κ1) is 17.5. The van der Waals surface area contributed by atoms with Crippen LogP contribution in [0.5, 0.6) is 0 Å². The van der Waals surface area contributed by atoms with Gasteiger partial charge in [-0.2, -0.15) is 0 Å². The molecule has 0 bridgehead atoms. The fourth-order valence-electron chi connectivity index (χ4n) is 2.17. The van der Waals surface area contributed by atoms with Crippen molar-refractivity contribution in [1.29, 1.82) is 0 Å². The van der Waals surface area contributed by atoms with Crippen molar-refractivity contribution < 1.29 is 14.3 Å². The zero-order valence-corrected chi connectivity index (χ0v) is 13.8. The molecule has 0 spiro atoms. The maximum Gasteiger partial charge on any atom is 0.408 e. The molecule has 6 heteroatoms. The number of rotatable bonds is 6. The number of ether oxygens (including phenoxy) is 1. The average molecular weight is 327 g/mol. The van der Waals surface area contributed by atoms with Gasteiger partial charge in [0.2, 0.25) is 5.91 Å². The van der Waals surface area contributed by atoms with E-state index in [4.69, 9.17) is 4.74 Å². The first-order valence-electron chi connectivity index (χ1n) is 7.63. The third kappa shape index (κ3) is 5.39. The van der Waals surface area contributed by atoms with Crippen LogP contribution in [0.15, 0.2) is 54.9 Å². The largest absolute Gasteiger partial charge is 0.445 e. The van der Waals surface area contributed by atoms with Gasteiger partial charge in [0.1, 0.15) is 12.6 Å². The zero-order chi connectivity index (χ0) is 17.4. The lowest BCUT2D eigenvalue weighted by molar-refractivity contribution is -0.130. The Bertz CT molecular complexity index is 660.